The molecule has 1 aliphatic carbocycles. The third kappa shape index (κ3) is 3.66. The number of halogens is 3. The van der Waals surface area contributed by atoms with Gasteiger partial charge in [0.25, 0.3) is 0 Å². The quantitative estimate of drug-likeness (QED) is 0.916. The smallest absolute Gasteiger partial charge is 0.226 e. The molecule has 23 heavy (non-hydrogen) atoms. The monoisotopic (exact) mass is 344 g/mol. The summed E-state index contributed by atoms with van der Waals surface area (Å²) in [7, 11) is 0. The number of likely N-dealkylation sites (tertiary alicyclic amines) is 1. The van der Waals surface area contributed by atoms with Gasteiger partial charge in [-0.3, -0.25) is 4.79 Å². The number of rotatable bonds is 3. The van der Waals surface area contributed by atoms with Crippen molar-refractivity contribution < 1.29 is 13.6 Å². The number of benzene rings is 1. The van der Waals surface area contributed by atoms with E-state index in [0.717, 1.165) is 25.5 Å². The Kier molecular flexibility index (Phi) is 5.63. The van der Waals surface area contributed by atoms with Gasteiger partial charge >= 0.3 is 0 Å². The number of nitrogens with zero attached hydrogens (tertiary/aromatic N) is 1. The van der Waals surface area contributed by atoms with Crippen LogP contribution in [-0.4, -0.2) is 29.9 Å². The Hall–Kier alpha value is -1.20. The van der Waals surface area contributed by atoms with Gasteiger partial charge in [0.15, 0.2) is 0 Å². The van der Waals surface area contributed by atoms with E-state index in [2.05, 4.69) is 6.92 Å². The van der Waals surface area contributed by atoms with Crippen LogP contribution in [0.4, 0.5) is 8.78 Å². The molecular weight excluding hydrogens is 322 g/mol. The third-order valence-corrected chi connectivity index (χ3v) is 5.00. The van der Waals surface area contributed by atoms with Crippen LogP contribution in [0.25, 0.3) is 0 Å². The topological polar surface area (TPSA) is 46.3 Å². The molecule has 0 radical (unpaired) electrons. The van der Waals surface area contributed by atoms with Gasteiger partial charge in [-0.05, 0) is 42.7 Å². The van der Waals surface area contributed by atoms with Gasteiger partial charge in [-0.15, -0.1) is 12.4 Å². The number of hydrogen-bond acceptors (Lipinski definition) is 2. The lowest BCUT2D eigenvalue weighted by Gasteiger charge is -2.38. The second kappa shape index (κ2) is 7.14. The summed E-state index contributed by atoms with van der Waals surface area (Å²) in [6, 6.07) is 3.70. The first-order valence-electron chi connectivity index (χ1n) is 7.96. The second-order valence-corrected chi connectivity index (χ2v) is 6.67. The maximum atomic E-state index is 13.8. The van der Waals surface area contributed by atoms with Crippen molar-refractivity contribution in [2.75, 3.05) is 13.1 Å². The highest BCUT2D eigenvalue weighted by atomic mass is 35.5. The van der Waals surface area contributed by atoms with Crippen molar-refractivity contribution in [2.45, 2.75) is 38.1 Å². The molecule has 0 aromatic heterocycles. The normalized spacial score (nSPS) is 29.8. The summed E-state index contributed by atoms with van der Waals surface area (Å²) in [5.74, 6) is -0.771. The van der Waals surface area contributed by atoms with Gasteiger partial charge in [0.2, 0.25) is 5.91 Å². The molecule has 1 aromatic carbocycles. The minimum absolute atomic E-state index is 0. The molecule has 0 spiro atoms. The molecule has 1 heterocycles. The summed E-state index contributed by atoms with van der Waals surface area (Å²) in [6.45, 7) is 3.38. The number of carbonyl (C=O) groups is 1. The molecule has 4 unspecified atom stereocenters. The van der Waals surface area contributed by atoms with Crippen LogP contribution in [-0.2, 0) is 4.79 Å². The maximum Gasteiger partial charge on any atom is 0.226 e. The molecule has 1 aromatic rings. The highest BCUT2D eigenvalue weighted by molar-refractivity contribution is 5.85. The Morgan fingerprint density at radius 1 is 1.35 bits per heavy atom. The van der Waals surface area contributed by atoms with E-state index in [4.69, 9.17) is 5.73 Å². The van der Waals surface area contributed by atoms with E-state index in [1.807, 2.05) is 4.90 Å². The van der Waals surface area contributed by atoms with E-state index < -0.39 is 11.6 Å². The van der Waals surface area contributed by atoms with Crippen molar-refractivity contribution in [1.82, 2.24) is 4.90 Å². The average Bonchev–Trinajstić information content (AvgIpc) is 3.26. The Morgan fingerprint density at radius 2 is 2.09 bits per heavy atom. The molecule has 1 saturated heterocycles. The molecule has 6 heteroatoms. The Bertz CT molecular complexity index is 584. The van der Waals surface area contributed by atoms with E-state index in [-0.39, 0.29) is 36.2 Å². The van der Waals surface area contributed by atoms with Crippen LogP contribution < -0.4 is 5.73 Å². The molecule has 1 saturated carbocycles. The zero-order valence-corrected chi connectivity index (χ0v) is 14.0. The summed E-state index contributed by atoms with van der Waals surface area (Å²) in [5, 5.41) is 0. The number of hydrogen-bond donors (Lipinski definition) is 1. The molecule has 4 atom stereocenters. The molecule has 3 nitrogen and oxygen atoms in total. The first-order chi connectivity index (χ1) is 10.5. The van der Waals surface area contributed by atoms with E-state index in [1.165, 1.54) is 12.1 Å². The Morgan fingerprint density at radius 3 is 2.74 bits per heavy atom. The lowest BCUT2D eigenvalue weighted by molar-refractivity contribution is -0.136. The van der Waals surface area contributed by atoms with Crippen LogP contribution in [0.1, 0.15) is 37.7 Å². The SMILES string of the molecule is CC1CCN(C(=O)C2CC2c2ccc(F)cc2F)C(CN)C1.Cl. The minimum Gasteiger partial charge on any atom is -0.338 e. The summed E-state index contributed by atoms with van der Waals surface area (Å²) in [5.41, 5.74) is 6.26. The molecule has 2 aliphatic rings. The van der Waals surface area contributed by atoms with Crippen molar-refractivity contribution >= 4 is 18.3 Å². The number of carbonyl (C=O) groups excluding carboxylic acids is 1. The van der Waals surface area contributed by atoms with Gasteiger partial charge in [-0.2, -0.15) is 0 Å². The minimum atomic E-state index is -0.585. The molecule has 1 aliphatic heterocycles. The van der Waals surface area contributed by atoms with Crippen molar-refractivity contribution in [3.05, 3.63) is 35.4 Å². The van der Waals surface area contributed by atoms with E-state index in [1.54, 1.807) is 0 Å². The van der Waals surface area contributed by atoms with E-state index in [0.29, 0.717) is 24.4 Å². The molecule has 1 amide bonds. The van der Waals surface area contributed by atoms with Gasteiger partial charge in [0, 0.05) is 31.1 Å². The zero-order valence-electron chi connectivity index (χ0n) is 13.2. The van der Waals surface area contributed by atoms with E-state index in [9.17, 15) is 13.6 Å². The van der Waals surface area contributed by atoms with E-state index >= 15 is 0 Å². The third-order valence-electron chi connectivity index (χ3n) is 5.00. The fourth-order valence-electron chi connectivity index (χ4n) is 3.59. The molecule has 2 N–H and O–H groups in total. The molecule has 0 bridgehead atoms. The standard InChI is InChI=1S/C17H22F2N2O.ClH/c1-10-4-5-21(12(6-10)9-20)17(22)15-8-14(15)13-3-2-11(18)7-16(13)19;/h2-3,7,10,12,14-15H,4-6,8-9,20H2,1H3;1H. The highest BCUT2D eigenvalue weighted by Gasteiger charge is 2.48. The lowest BCUT2D eigenvalue weighted by atomic mass is 9.92. The second-order valence-electron chi connectivity index (χ2n) is 6.67. The average molecular weight is 345 g/mol. The van der Waals surface area contributed by atoms with Crippen LogP contribution >= 0.6 is 12.4 Å². The van der Waals surface area contributed by atoms with Gasteiger partial charge in [-0.1, -0.05) is 13.0 Å². The van der Waals surface area contributed by atoms with Crippen LogP contribution in [0.15, 0.2) is 18.2 Å². The Labute approximate surface area is 141 Å². The lowest BCUT2D eigenvalue weighted by Crippen LogP contribution is -2.49. The fourth-order valence-corrected chi connectivity index (χ4v) is 3.59. The number of nitrogens with two attached hydrogens (primary N) is 1. The van der Waals surface area contributed by atoms with Gasteiger partial charge < -0.3 is 10.6 Å². The summed E-state index contributed by atoms with van der Waals surface area (Å²) < 4.78 is 26.8. The number of amides is 1. The summed E-state index contributed by atoms with van der Waals surface area (Å²) in [6.07, 6.45) is 2.57. The van der Waals surface area contributed by atoms with Crippen molar-refractivity contribution in [3.63, 3.8) is 0 Å². The molecule has 2 fully saturated rings. The van der Waals surface area contributed by atoms with Crippen LogP contribution in [0.2, 0.25) is 0 Å². The van der Waals surface area contributed by atoms with Crippen LogP contribution in [0.5, 0.6) is 0 Å². The number of piperidine rings is 1. The van der Waals surface area contributed by atoms with Crippen molar-refractivity contribution in [2.24, 2.45) is 17.6 Å². The predicted octanol–water partition coefficient (Wildman–Crippen LogP) is 3.08. The largest absolute Gasteiger partial charge is 0.338 e. The van der Waals surface area contributed by atoms with Gasteiger partial charge in [0.1, 0.15) is 11.6 Å². The first kappa shape index (κ1) is 18.1. The van der Waals surface area contributed by atoms with Crippen molar-refractivity contribution in [1.29, 1.82) is 0 Å². The summed E-state index contributed by atoms with van der Waals surface area (Å²) >= 11 is 0. The molecular formula is C17H23ClF2N2O. The predicted molar refractivity (Wildman–Crippen MR) is 87.4 cm³/mol. The summed E-state index contributed by atoms with van der Waals surface area (Å²) in [4.78, 5) is 14.6. The maximum absolute atomic E-state index is 13.8. The Balaban J connectivity index is 0.00000192. The fraction of sp³-hybridized carbons (Fsp3) is 0.588. The zero-order chi connectivity index (χ0) is 15.9. The van der Waals surface area contributed by atoms with Crippen molar-refractivity contribution in [3.8, 4) is 0 Å². The van der Waals surface area contributed by atoms with Crippen LogP contribution in [0, 0.1) is 23.5 Å². The molecule has 128 valence electrons. The first-order valence-corrected chi connectivity index (χ1v) is 7.96. The highest BCUT2D eigenvalue weighted by Crippen LogP contribution is 2.49. The van der Waals surface area contributed by atoms with Gasteiger partial charge in [-0.25, -0.2) is 8.78 Å². The molecule has 3 rings (SSSR count). The van der Waals surface area contributed by atoms with Crippen LogP contribution in [0.3, 0.4) is 0 Å². The van der Waals surface area contributed by atoms with Gasteiger partial charge in [0.05, 0.1) is 0 Å².